The van der Waals surface area contributed by atoms with Crippen LogP contribution in [0, 0.1) is 5.92 Å². The van der Waals surface area contributed by atoms with Crippen LogP contribution in [0.4, 0.5) is 0 Å². The molecule has 1 fully saturated rings. The number of piperidine rings is 1. The van der Waals surface area contributed by atoms with E-state index in [1.807, 2.05) is 13.8 Å². The van der Waals surface area contributed by atoms with Crippen molar-refractivity contribution in [1.82, 2.24) is 9.62 Å². The van der Waals surface area contributed by atoms with Gasteiger partial charge in [0, 0.05) is 20.1 Å². The molecule has 9 heteroatoms. The molecule has 0 bridgehead atoms. The lowest BCUT2D eigenvalue weighted by atomic mass is 10.2. The molecule has 0 saturated carbocycles. The number of hydrogen-bond acceptors (Lipinski definition) is 5. The van der Waals surface area contributed by atoms with E-state index in [1.54, 1.807) is 0 Å². The van der Waals surface area contributed by atoms with Crippen LogP contribution < -0.4 is 5.32 Å². The van der Waals surface area contributed by atoms with Gasteiger partial charge in [-0.25, -0.2) is 21.1 Å². The van der Waals surface area contributed by atoms with Gasteiger partial charge in [0.2, 0.25) is 15.9 Å². The molecular weight excluding hydrogens is 316 g/mol. The van der Waals surface area contributed by atoms with Gasteiger partial charge in [0.25, 0.3) is 0 Å². The van der Waals surface area contributed by atoms with Crippen molar-refractivity contribution in [3.63, 3.8) is 0 Å². The molecule has 0 radical (unpaired) electrons. The van der Waals surface area contributed by atoms with E-state index in [4.69, 9.17) is 0 Å². The van der Waals surface area contributed by atoms with Crippen LogP contribution in [0.1, 0.15) is 26.7 Å². The summed E-state index contributed by atoms with van der Waals surface area (Å²) in [7, 11) is -5.45. The van der Waals surface area contributed by atoms with E-state index < -0.39 is 36.8 Å². The minimum absolute atomic E-state index is 0.0321. The Morgan fingerprint density at radius 1 is 1.19 bits per heavy atom. The third-order valence-electron chi connectivity index (χ3n) is 3.46. The molecule has 0 unspecified atom stereocenters. The number of nitrogens with one attached hydrogen (secondary N) is 1. The maximum absolute atomic E-state index is 12.1. The molecule has 124 valence electrons. The third kappa shape index (κ3) is 5.23. The molecule has 0 aromatic rings. The Kier molecular flexibility index (Phi) is 6.18. The normalized spacial score (nSPS) is 18.9. The molecule has 0 atom stereocenters. The van der Waals surface area contributed by atoms with Gasteiger partial charge < -0.3 is 5.32 Å². The largest absolute Gasteiger partial charge is 0.358 e. The summed E-state index contributed by atoms with van der Waals surface area (Å²) in [6.45, 7) is 4.07. The van der Waals surface area contributed by atoms with Gasteiger partial charge in [0.15, 0.2) is 9.84 Å². The van der Waals surface area contributed by atoms with Gasteiger partial charge in [-0.1, -0.05) is 13.8 Å². The Labute approximate surface area is 127 Å². The van der Waals surface area contributed by atoms with Crippen molar-refractivity contribution in [1.29, 1.82) is 0 Å². The van der Waals surface area contributed by atoms with Gasteiger partial charge in [-0.15, -0.1) is 0 Å². The number of amides is 1. The molecule has 0 aliphatic carbocycles. The molecule has 0 aromatic heterocycles. The first kappa shape index (κ1) is 18.4. The van der Waals surface area contributed by atoms with E-state index >= 15 is 0 Å². The van der Waals surface area contributed by atoms with E-state index in [0.717, 1.165) is 0 Å². The minimum Gasteiger partial charge on any atom is -0.358 e. The van der Waals surface area contributed by atoms with E-state index in [-0.39, 0.29) is 37.6 Å². The zero-order chi connectivity index (χ0) is 16.3. The fourth-order valence-corrected chi connectivity index (χ4v) is 5.86. The van der Waals surface area contributed by atoms with Crippen LogP contribution in [0.5, 0.6) is 0 Å². The standard InChI is InChI=1S/C12H24N2O5S2/c1-10(2)8-21(18,19)14-6-4-11(5-7-14)20(16,17)9-12(15)13-3/h10-11H,4-9H2,1-3H3,(H,13,15). The van der Waals surface area contributed by atoms with E-state index in [0.29, 0.717) is 0 Å². The smallest absolute Gasteiger partial charge is 0.234 e. The van der Waals surface area contributed by atoms with E-state index in [1.165, 1.54) is 11.4 Å². The minimum atomic E-state index is -3.52. The molecule has 1 N–H and O–H groups in total. The molecule has 1 rings (SSSR count). The highest BCUT2D eigenvalue weighted by molar-refractivity contribution is 7.92. The second-order valence-electron chi connectivity index (χ2n) is 5.75. The zero-order valence-corrected chi connectivity index (χ0v) is 14.3. The van der Waals surface area contributed by atoms with Gasteiger partial charge in [0.05, 0.1) is 11.0 Å². The highest BCUT2D eigenvalue weighted by atomic mass is 32.2. The predicted molar refractivity (Wildman–Crippen MR) is 81.1 cm³/mol. The summed E-state index contributed by atoms with van der Waals surface area (Å²) < 4.78 is 49.7. The van der Waals surface area contributed by atoms with E-state index in [9.17, 15) is 21.6 Å². The second kappa shape index (κ2) is 7.06. The molecule has 1 aliphatic heterocycles. The Balaban J connectivity index is 2.66. The van der Waals surface area contributed by atoms with Crippen molar-refractivity contribution in [3.05, 3.63) is 0 Å². The number of sulfonamides is 1. The summed E-state index contributed by atoms with van der Waals surface area (Å²) in [5.74, 6) is -0.968. The average Bonchev–Trinajstić information content (AvgIpc) is 2.36. The van der Waals surface area contributed by atoms with Crippen LogP contribution in [0.15, 0.2) is 0 Å². The van der Waals surface area contributed by atoms with Crippen LogP contribution in [-0.2, 0) is 24.7 Å². The summed E-state index contributed by atoms with van der Waals surface area (Å²) in [6, 6.07) is 0. The summed E-state index contributed by atoms with van der Waals surface area (Å²) in [5.41, 5.74) is 0. The van der Waals surface area contributed by atoms with Gasteiger partial charge in [-0.05, 0) is 18.8 Å². The van der Waals surface area contributed by atoms with Gasteiger partial charge in [-0.2, -0.15) is 0 Å². The molecule has 1 heterocycles. The summed E-state index contributed by atoms with van der Waals surface area (Å²) in [6.07, 6.45) is 0.493. The number of sulfone groups is 1. The van der Waals surface area contributed by atoms with Crippen molar-refractivity contribution < 1.29 is 21.6 Å². The van der Waals surface area contributed by atoms with Crippen molar-refractivity contribution >= 4 is 25.8 Å². The number of nitrogens with zero attached hydrogens (tertiary/aromatic N) is 1. The Bertz CT molecular complexity index is 560. The molecule has 7 nitrogen and oxygen atoms in total. The lowest BCUT2D eigenvalue weighted by Gasteiger charge is -2.31. The lowest BCUT2D eigenvalue weighted by Crippen LogP contribution is -2.45. The predicted octanol–water partition coefficient (Wildman–Crippen LogP) is -0.403. The maximum Gasteiger partial charge on any atom is 0.234 e. The topological polar surface area (TPSA) is 101 Å². The number of hydrogen-bond donors (Lipinski definition) is 1. The first-order valence-electron chi connectivity index (χ1n) is 6.98. The summed E-state index contributed by atoms with van der Waals surface area (Å²) in [5, 5.41) is 1.65. The number of rotatable bonds is 6. The van der Waals surface area contributed by atoms with Crippen LogP contribution >= 0.6 is 0 Å². The fourth-order valence-electron chi connectivity index (χ4n) is 2.37. The number of carbonyl (C=O) groups is 1. The van der Waals surface area contributed by atoms with Gasteiger partial charge >= 0.3 is 0 Å². The van der Waals surface area contributed by atoms with Crippen LogP contribution in [0.2, 0.25) is 0 Å². The van der Waals surface area contributed by atoms with Crippen LogP contribution in [0.25, 0.3) is 0 Å². The Morgan fingerprint density at radius 3 is 2.14 bits per heavy atom. The molecule has 1 saturated heterocycles. The second-order valence-corrected chi connectivity index (χ2v) is 10.0. The van der Waals surface area contributed by atoms with Crippen molar-refractivity contribution in [2.75, 3.05) is 31.6 Å². The molecule has 0 aromatic carbocycles. The Hall–Kier alpha value is -0.670. The van der Waals surface area contributed by atoms with Gasteiger partial charge in [0.1, 0.15) is 5.75 Å². The Morgan fingerprint density at radius 2 is 1.71 bits per heavy atom. The lowest BCUT2D eigenvalue weighted by molar-refractivity contribution is -0.118. The highest BCUT2D eigenvalue weighted by Crippen LogP contribution is 2.21. The van der Waals surface area contributed by atoms with Crippen molar-refractivity contribution in [2.45, 2.75) is 31.9 Å². The zero-order valence-electron chi connectivity index (χ0n) is 12.7. The van der Waals surface area contributed by atoms with E-state index in [2.05, 4.69) is 5.32 Å². The molecule has 21 heavy (non-hydrogen) atoms. The quantitative estimate of drug-likeness (QED) is 0.709. The van der Waals surface area contributed by atoms with Crippen LogP contribution in [0.3, 0.4) is 0 Å². The maximum atomic E-state index is 12.1. The molecule has 1 amide bonds. The van der Waals surface area contributed by atoms with Crippen molar-refractivity contribution in [2.24, 2.45) is 5.92 Å². The highest BCUT2D eigenvalue weighted by Gasteiger charge is 2.35. The molecule has 1 aliphatic rings. The van der Waals surface area contributed by atoms with Gasteiger partial charge in [-0.3, -0.25) is 4.79 Å². The first-order valence-corrected chi connectivity index (χ1v) is 10.3. The van der Waals surface area contributed by atoms with Crippen LogP contribution in [-0.4, -0.2) is 63.9 Å². The molecule has 0 spiro atoms. The number of carbonyl (C=O) groups excluding carboxylic acids is 1. The first-order chi connectivity index (χ1) is 9.58. The molecular formula is C12H24N2O5S2. The summed E-state index contributed by atoms with van der Waals surface area (Å²) in [4.78, 5) is 11.2. The van der Waals surface area contributed by atoms with Crippen molar-refractivity contribution in [3.8, 4) is 0 Å². The fraction of sp³-hybridized carbons (Fsp3) is 0.917. The monoisotopic (exact) mass is 340 g/mol. The summed E-state index contributed by atoms with van der Waals surface area (Å²) >= 11 is 0. The SMILES string of the molecule is CNC(=O)CS(=O)(=O)C1CCN(S(=O)(=O)CC(C)C)CC1. The average molecular weight is 340 g/mol. The third-order valence-corrected chi connectivity index (χ3v) is 7.85.